The van der Waals surface area contributed by atoms with Gasteiger partial charge < -0.3 is 11.1 Å². The molecule has 3 rings (SSSR count). The normalized spacial score (nSPS) is 19.5. The van der Waals surface area contributed by atoms with E-state index < -0.39 is 10.0 Å². The number of carbonyl (C=O) groups excluding carboxylic acids is 1. The van der Waals surface area contributed by atoms with Crippen molar-refractivity contribution in [3.8, 4) is 0 Å². The Labute approximate surface area is 188 Å². The lowest BCUT2D eigenvalue weighted by atomic mass is 9.92. The number of hydrogen-bond donors (Lipinski definition) is 3. The van der Waals surface area contributed by atoms with E-state index in [4.69, 9.17) is 5.73 Å². The topological polar surface area (TPSA) is 114 Å². The Balaban J connectivity index is 1.59. The largest absolute Gasteiger partial charge is 0.382 e. The van der Waals surface area contributed by atoms with Crippen molar-refractivity contribution in [3.05, 3.63) is 39.8 Å². The average molecular weight is 465 g/mol. The number of rotatable bonds is 8. The van der Waals surface area contributed by atoms with Crippen LogP contribution in [0.4, 0.5) is 10.9 Å². The highest BCUT2D eigenvalue weighted by atomic mass is 32.2. The molecule has 0 unspecified atom stereocenters. The van der Waals surface area contributed by atoms with Crippen LogP contribution in [-0.2, 0) is 10.0 Å². The molecule has 170 valence electrons. The fourth-order valence-corrected chi connectivity index (χ4v) is 6.65. The number of sulfonamides is 1. The fraction of sp³-hybridized carbons (Fsp3) is 0.545. The van der Waals surface area contributed by atoms with Crippen LogP contribution in [0.25, 0.3) is 0 Å². The van der Waals surface area contributed by atoms with Crippen LogP contribution in [-0.4, -0.2) is 37.0 Å². The molecular formula is C22H32N4O3S2. The van der Waals surface area contributed by atoms with Crippen molar-refractivity contribution in [2.75, 3.05) is 16.8 Å². The second-order valence-corrected chi connectivity index (χ2v) is 11.7. The number of hydrogen-bond acceptors (Lipinski definition) is 7. The number of ketones is 1. The first-order chi connectivity index (χ1) is 14.5. The molecule has 9 heteroatoms. The van der Waals surface area contributed by atoms with E-state index in [-0.39, 0.29) is 35.4 Å². The SMILES string of the molecule is Cc1ccc(C(=O)c2sc(N[C@H]3CC[C@H](NS(=O)(=O)CC(C)C)CC3)nc2N)c(C)c1. The number of carbonyl (C=O) groups is 1. The van der Waals surface area contributed by atoms with Gasteiger partial charge in [-0.2, -0.15) is 0 Å². The Kier molecular flexibility index (Phi) is 7.39. The number of thiazole rings is 1. The molecule has 1 aliphatic rings. The van der Waals surface area contributed by atoms with E-state index in [1.165, 1.54) is 11.3 Å². The number of nitrogens with one attached hydrogen (secondary N) is 2. The van der Waals surface area contributed by atoms with E-state index in [2.05, 4.69) is 15.0 Å². The van der Waals surface area contributed by atoms with Gasteiger partial charge in [0.05, 0.1) is 5.75 Å². The summed E-state index contributed by atoms with van der Waals surface area (Å²) in [6.45, 7) is 7.72. The van der Waals surface area contributed by atoms with E-state index in [1.54, 1.807) is 0 Å². The summed E-state index contributed by atoms with van der Waals surface area (Å²) in [5.74, 6) is 0.392. The van der Waals surface area contributed by atoms with Crippen LogP contribution in [0.5, 0.6) is 0 Å². The van der Waals surface area contributed by atoms with Crippen molar-refractivity contribution < 1.29 is 13.2 Å². The van der Waals surface area contributed by atoms with Gasteiger partial charge in [-0.15, -0.1) is 0 Å². The molecule has 1 saturated carbocycles. The van der Waals surface area contributed by atoms with E-state index in [1.807, 2.05) is 45.9 Å². The molecule has 1 fully saturated rings. The summed E-state index contributed by atoms with van der Waals surface area (Å²) in [6, 6.07) is 5.90. The highest BCUT2D eigenvalue weighted by Crippen LogP contribution is 2.31. The van der Waals surface area contributed by atoms with Crippen molar-refractivity contribution in [1.82, 2.24) is 9.71 Å². The lowest BCUT2D eigenvalue weighted by Gasteiger charge is -2.29. The van der Waals surface area contributed by atoms with Gasteiger partial charge in [0, 0.05) is 17.6 Å². The van der Waals surface area contributed by atoms with Gasteiger partial charge in [0.2, 0.25) is 15.8 Å². The summed E-state index contributed by atoms with van der Waals surface area (Å²) in [4.78, 5) is 17.8. The predicted octanol–water partition coefficient (Wildman–Crippen LogP) is 3.87. The first-order valence-electron chi connectivity index (χ1n) is 10.7. The lowest BCUT2D eigenvalue weighted by molar-refractivity contribution is 0.104. The lowest BCUT2D eigenvalue weighted by Crippen LogP contribution is -2.41. The van der Waals surface area contributed by atoms with Crippen LogP contribution >= 0.6 is 11.3 Å². The number of aryl methyl sites for hydroxylation is 2. The van der Waals surface area contributed by atoms with E-state index in [0.29, 0.717) is 15.6 Å². The minimum absolute atomic E-state index is 0.0233. The number of anilines is 2. The van der Waals surface area contributed by atoms with Crippen molar-refractivity contribution in [1.29, 1.82) is 0 Å². The number of nitrogens with zero attached hydrogens (tertiary/aromatic N) is 1. The van der Waals surface area contributed by atoms with Gasteiger partial charge in [-0.3, -0.25) is 4.79 Å². The first-order valence-corrected chi connectivity index (χ1v) is 13.2. The molecule has 0 amide bonds. The van der Waals surface area contributed by atoms with Crippen molar-refractivity contribution in [2.24, 2.45) is 5.92 Å². The van der Waals surface area contributed by atoms with Crippen molar-refractivity contribution >= 4 is 38.1 Å². The minimum atomic E-state index is -3.24. The average Bonchev–Trinajstić information content (AvgIpc) is 3.01. The second kappa shape index (κ2) is 9.67. The van der Waals surface area contributed by atoms with Gasteiger partial charge in [0.25, 0.3) is 0 Å². The van der Waals surface area contributed by atoms with Crippen molar-refractivity contribution in [2.45, 2.75) is 65.5 Å². The van der Waals surface area contributed by atoms with Crippen LogP contribution in [0.3, 0.4) is 0 Å². The molecule has 31 heavy (non-hydrogen) atoms. The van der Waals surface area contributed by atoms with Crippen LogP contribution in [0.2, 0.25) is 0 Å². The molecule has 0 spiro atoms. The molecule has 4 N–H and O–H groups in total. The molecule has 0 saturated heterocycles. The second-order valence-electron chi connectivity index (χ2n) is 8.87. The number of aromatic nitrogens is 1. The molecule has 1 heterocycles. The van der Waals surface area contributed by atoms with Crippen LogP contribution in [0.15, 0.2) is 18.2 Å². The maximum atomic E-state index is 13.0. The number of nitrogens with two attached hydrogens (primary N) is 1. The highest BCUT2D eigenvalue weighted by molar-refractivity contribution is 7.89. The highest BCUT2D eigenvalue weighted by Gasteiger charge is 2.26. The summed E-state index contributed by atoms with van der Waals surface area (Å²) in [6.07, 6.45) is 3.19. The Hall–Kier alpha value is -1.97. The monoisotopic (exact) mass is 464 g/mol. The molecule has 2 aromatic rings. The minimum Gasteiger partial charge on any atom is -0.382 e. The molecule has 0 bridgehead atoms. The fourth-order valence-electron chi connectivity index (χ4n) is 4.02. The van der Waals surface area contributed by atoms with Crippen LogP contribution < -0.4 is 15.8 Å². The summed E-state index contributed by atoms with van der Waals surface area (Å²) < 4.78 is 27.2. The Morgan fingerprint density at radius 1 is 1.19 bits per heavy atom. The zero-order chi connectivity index (χ0) is 22.8. The van der Waals surface area contributed by atoms with E-state index in [9.17, 15) is 13.2 Å². The number of benzene rings is 1. The van der Waals surface area contributed by atoms with Gasteiger partial charge in [-0.25, -0.2) is 18.1 Å². The third-order valence-electron chi connectivity index (χ3n) is 5.44. The zero-order valence-corrected chi connectivity index (χ0v) is 20.2. The predicted molar refractivity (Wildman–Crippen MR) is 127 cm³/mol. The molecule has 1 aromatic heterocycles. The maximum Gasteiger partial charge on any atom is 0.212 e. The van der Waals surface area contributed by atoms with Gasteiger partial charge in [0.1, 0.15) is 10.7 Å². The molecule has 0 radical (unpaired) electrons. The Morgan fingerprint density at radius 2 is 1.84 bits per heavy atom. The third kappa shape index (κ3) is 6.27. The summed E-state index contributed by atoms with van der Waals surface area (Å²) in [5, 5.41) is 4.02. The maximum absolute atomic E-state index is 13.0. The summed E-state index contributed by atoms with van der Waals surface area (Å²) in [5.41, 5.74) is 8.73. The van der Waals surface area contributed by atoms with Crippen LogP contribution in [0, 0.1) is 19.8 Å². The van der Waals surface area contributed by atoms with Gasteiger partial charge in [-0.05, 0) is 51.0 Å². The number of nitrogen functional groups attached to an aromatic ring is 1. The van der Waals surface area contributed by atoms with Crippen LogP contribution in [0.1, 0.15) is 65.9 Å². The van der Waals surface area contributed by atoms with E-state index in [0.717, 1.165) is 36.8 Å². The molecule has 1 aliphatic carbocycles. The summed E-state index contributed by atoms with van der Waals surface area (Å²) >= 11 is 1.28. The Bertz CT molecular complexity index is 1040. The van der Waals surface area contributed by atoms with Crippen molar-refractivity contribution in [3.63, 3.8) is 0 Å². The third-order valence-corrected chi connectivity index (χ3v) is 8.24. The molecular weight excluding hydrogens is 432 g/mol. The smallest absolute Gasteiger partial charge is 0.212 e. The van der Waals surface area contributed by atoms with Gasteiger partial charge in [0.15, 0.2) is 5.13 Å². The molecule has 1 aromatic carbocycles. The first kappa shape index (κ1) is 23.7. The quantitative estimate of drug-likeness (QED) is 0.511. The molecule has 0 atom stereocenters. The van der Waals surface area contributed by atoms with Gasteiger partial charge in [-0.1, -0.05) is 48.9 Å². The van der Waals surface area contributed by atoms with Gasteiger partial charge >= 0.3 is 0 Å². The standard InChI is InChI=1S/C22H32N4O3S2/c1-13(2)12-31(28,29)26-17-8-6-16(7-9-17)24-22-25-21(23)20(30-22)19(27)18-10-5-14(3)11-15(18)4/h5,10-11,13,16-17,26H,6-9,12,23H2,1-4H3,(H,24,25)/t16-,17-. The van der Waals surface area contributed by atoms with E-state index >= 15 is 0 Å². The molecule has 7 nitrogen and oxygen atoms in total. The Morgan fingerprint density at radius 3 is 2.45 bits per heavy atom. The molecule has 0 aliphatic heterocycles. The summed E-state index contributed by atoms with van der Waals surface area (Å²) in [7, 11) is -3.24. The zero-order valence-electron chi connectivity index (χ0n) is 18.6.